The molecule has 0 fully saturated rings. The number of unbranched alkanes of at least 4 members (excludes halogenated alkanes) is 1. The van der Waals surface area contributed by atoms with Gasteiger partial charge < -0.3 is 14.8 Å². The van der Waals surface area contributed by atoms with E-state index in [1.165, 1.54) is 13.0 Å². The predicted octanol–water partition coefficient (Wildman–Crippen LogP) is 4.85. The fraction of sp³-hybridized carbons (Fsp3) is 0.650. The summed E-state index contributed by atoms with van der Waals surface area (Å²) in [5.74, 6) is -0.840. The SMILES string of the molecule is CC(O)(CCCCO[Si](C)(C)C(C)(C)C)C(=O)Nc1cnc(C#N)c(C(F)(F)F)c1. The summed E-state index contributed by atoms with van der Waals surface area (Å²) in [6.07, 6.45) is -2.56. The standard InChI is InChI=1S/C20H30F3N3O3Si/c1-18(2,3)30(5,6)29-10-8-7-9-19(4,28)17(27)26-14-11-15(20(21,22)23)16(12-24)25-13-14/h11,13,28H,7-10H2,1-6H3,(H,26,27). The zero-order valence-electron chi connectivity index (χ0n) is 18.3. The molecule has 1 aromatic rings. The van der Waals surface area contributed by atoms with Crippen molar-refractivity contribution in [2.24, 2.45) is 0 Å². The fourth-order valence-electron chi connectivity index (χ4n) is 2.33. The molecule has 168 valence electrons. The number of nitriles is 1. The lowest BCUT2D eigenvalue weighted by Gasteiger charge is -2.36. The van der Waals surface area contributed by atoms with Crippen molar-refractivity contribution < 1.29 is 27.5 Å². The molecule has 1 heterocycles. The van der Waals surface area contributed by atoms with Crippen molar-refractivity contribution in [3.63, 3.8) is 0 Å². The minimum Gasteiger partial charge on any atom is -0.417 e. The van der Waals surface area contributed by atoms with E-state index in [4.69, 9.17) is 9.69 Å². The van der Waals surface area contributed by atoms with Crippen molar-refractivity contribution in [3.05, 3.63) is 23.5 Å². The van der Waals surface area contributed by atoms with Gasteiger partial charge in [0.15, 0.2) is 14.0 Å². The molecule has 0 aromatic carbocycles. The molecule has 0 radical (unpaired) electrons. The van der Waals surface area contributed by atoms with Crippen LogP contribution in [0.15, 0.2) is 12.3 Å². The average Bonchev–Trinajstić information content (AvgIpc) is 2.59. The molecule has 1 rings (SSSR count). The van der Waals surface area contributed by atoms with Crippen LogP contribution in [0.3, 0.4) is 0 Å². The van der Waals surface area contributed by atoms with Crippen LogP contribution in [0, 0.1) is 11.3 Å². The minimum atomic E-state index is -4.79. The Morgan fingerprint density at radius 2 is 1.87 bits per heavy atom. The van der Waals surface area contributed by atoms with E-state index in [2.05, 4.69) is 44.2 Å². The van der Waals surface area contributed by atoms with E-state index in [9.17, 15) is 23.1 Å². The summed E-state index contributed by atoms with van der Waals surface area (Å²) in [4.78, 5) is 15.8. The van der Waals surface area contributed by atoms with Gasteiger partial charge >= 0.3 is 6.18 Å². The van der Waals surface area contributed by atoms with Crippen molar-refractivity contribution in [2.75, 3.05) is 11.9 Å². The maximum atomic E-state index is 13.0. The highest BCUT2D eigenvalue weighted by Crippen LogP contribution is 2.36. The van der Waals surface area contributed by atoms with Gasteiger partial charge in [-0.05, 0) is 50.4 Å². The van der Waals surface area contributed by atoms with Gasteiger partial charge in [0.1, 0.15) is 11.7 Å². The van der Waals surface area contributed by atoms with E-state index in [1.54, 1.807) is 0 Å². The summed E-state index contributed by atoms with van der Waals surface area (Å²) >= 11 is 0. The Labute approximate surface area is 176 Å². The third kappa shape index (κ3) is 7.07. The van der Waals surface area contributed by atoms with E-state index in [-0.39, 0.29) is 17.1 Å². The molecule has 0 aliphatic carbocycles. The minimum absolute atomic E-state index is 0.0861. The number of hydrogen-bond donors (Lipinski definition) is 2. The normalized spacial score (nSPS) is 14.7. The molecule has 0 spiro atoms. The number of halogens is 3. The third-order valence-corrected chi connectivity index (χ3v) is 9.91. The number of alkyl halides is 3. The molecule has 10 heteroatoms. The Hall–Kier alpha value is -1.96. The number of anilines is 1. The Morgan fingerprint density at radius 1 is 1.27 bits per heavy atom. The highest BCUT2D eigenvalue weighted by atomic mass is 28.4. The maximum Gasteiger partial charge on any atom is 0.419 e. The number of aliphatic hydroxyl groups is 1. The summed E-state index contributed by atoms with van der Waals surface area (Å²) in [5.41, 5.74) is -4.05. The van der Waals surface area contributed by atoms with Gasteiger partial charge in [0, 0.05) is 6.61 Å². The first-order chi connectivity index (χ1) is 13.5. The molecular weight excluding hydrogens is 415 g/mol. The lowest BCUT2D eigenvalue weighted by Crippen LogP contribution is -2.41. The molecule has 0 saturated heterocycles. The predicted molar refractivity (Wildman–Crippen MR) is 110 cm³/mol. The first kappa shape index (κ1) is 26.1. The molecule has 0 aliphatic rings. The molecule has 6 nitrogen and oxygen atoms in total. The Bertz CT molecular complexity index is 797. The Kier molecular flexibility index (Phi) is 8.21. The molecule has 0 saturated carbocycles. The Balaban J connectivity index is 2.66. The van der Waals surface area contributed by atoms with Crippen LogP contribution in [-0.4, -0.2) is 36.5 Å². The second kappa shape index (κ2) is 9.45. The van der Waals surface area contributed by atoms with E-state index in [0.29, 0.717) is 25.5 Å². The molecule has 30 heavy (non-hydrogen) atoms. The van der Waals surface area contributed by atoms with Gasteiger partial charge in [-0.25, -0.2) is 4.98 Å². The second-order valence-corrected chi connectivity index (χ2v) is 13.8. The van der Waals surface area contributed by atoms with Crippen LogP contribution in [0.1, 0.15) is 58.2 Å². The largest absolute Gasteiger partial charge is 0.419 e. The fourth-order valence-corrected chi connectivity index (χ4v) is 3.42. The molecule has 1 atom stereocenters. The summed E-state index contributed by atoms with van der Waals surface area (Å²) in [6.45, 7) is 12.5. The number of amides is 1. The number of rotatable bonds is 8. The van der Waals surface area contributed by atoms with Crippen LogP contribution in [0.5, 0.6) is 0 Å². The van der Waals surface area contributed by atoms with E-state index >= 15 is 0 Å². The summed E-state index contributed by atoms with van der Waals surface area (Å²) < 4.78 is 45.1. The van der Waals surface area contributed by atoms with E-state index in [1.807, 2.05) is 0 Å². The van der Waals surface area contributed by atoms with Gasteiger partial charge in [-0.3, -0.25) is 4.79 Å². The van der Waals surface area contributed by atoms with Crippen LogP contribution in [-0.2, 0) is 15.4 Å². The molecular formula is C20H30F3N3O3Si. The van der Waals surface area contributed by atoms with E-state index in [0.717, 1.165) is 6.20 Å². The topological polar surface area (TPSA) is 95.2 Å². The summed E-state index contributed by atoms with van der Waals surface area (Å²) in [7, 11) is -1.87. The molecule has 0 bridgehead atoms. The maximum absolute atomic E-state index is 13.0. The van der Waals surface area contributed by atoms with Crippen LogP contribution >= 0.6 is 0 Å². The number of carbonyl (C=O) groups excluding carboxylic acids is 1. The average molecular weight is 446 g/mol. The number of nitrogens with zero attached hydrogens (tertiary/aromatic N) is 2. The van der Waals surface area contributed by atoms with Gasteiger partial charge in [0.05, 0.1) is 17.4 Å². The van der Waals surface area contributed by atoms with Crippen LogP contribution in [0.25, 0.3) is 0 Å². The van der Waals surface area contributed by atoms with Crippen LogP contribution in [0.2, 0.25) is 18.1 Å². The molecule has 1 unspecified atom stereocenters. The molecule has 2 N–H and O–H groups in total. The number of nitrogens with one attached hydrogen (secondary N) is 1. The quantitative estimate of drug-likeness (QED) is 0.440. The van der Waals surface area contributed by atoms with Crippen molar-refractivity contribution in [1.29, 1.82) is 5.26 Å². The second-order valence-electron chi connectivity index (χ2n) is 9.02. The monoisotopic (exact) mass is 445 g/mol. The van der Waals surface area contributed by atoms with Gasteiger partial charge in [0.25, 0.3) is 5.91 Å². The van der Waals surface area contributed by atoms with Crippen molar-refractivity contribution in [2.45, 2.75) is 76.9 Å². The number of carbonyl (C=O) groups is 1. The van der Waals surface area contributed by atoms with Crippen LogP contribution in [0.4, 0.5) is 18.9 Å². The first-order valence-electron chi connectivity index (χ1n) is 9.66. The van der Waals surface area contributed by atoms with E-state index < -0.39 is 37.3 Å². The Morgan fingerprint density at radius 3 is 2.37 bits per heavy atom. The number of pyridine rings is 1. The first-order valence-corrected chi connectivity index (χ1v) is 12.6. The zero-order chi connectivity index (χ0) is 23.4. The lowest BCUT2D eigenvalue weighted by atomic mass is 9.98. The van der Waals surface area contributed by atoms with Crippen molar-refractivity contribution in [3.8, 4) is 6.07 Å². The highest BCUT2D eigenvalue weighted by Gasteiger charge is 2.37. The van der Waals surface area contributed by atoms with Crippen molar-refractivity contribution in [1.82, 2.24) is 4.98 Å². The van der Waals surface area contributed by atoms with Gasteiger partial charge in [-0.15, -0.1) is 0 Å². The smallest absolute Gasteiger partial charge is 0.417 e. The summed E-state index contributed by atoms with van der Waals surface area (Å²) in [6, 6.07) is 2.00. The van der Waals surface area contributed by atoms with Gasteiger partial charge in [-0.1, -0.05) is 20.8 Å². The van der Waals surface area contributed by atoms with Gasteiger partial charge in [-0.2, -0.15) is 18.4 Å². The molecule has 0 aliphatic heterocycles. The number of hydrogen-bond acceptors (Lipinski definition) is 5. The zero-order valence-corrected chi connectivity index (χ0v) is 19.3. The third-order valence-electron chi connectivity index (χ3n) is 5.37. The van der Waals surface area contributed by atoms with Gasteiger partial charge in [0.2, 0.25) is 0 Å². The van der Waals surface area contributed by atoms with Crippen LogP contribution < -0.4 is 5.32 Å². The summed E-state index contributed by atoms with van der Waals surface area (Å²) in [5, 5.41) is 21.5. The van der Waals surface area contributed by atoms with Crippen molar-refractivity contribution >= 4 is 19.9 Å². The highest BCUT2D eigenvalue weighted by molar-refractivity contribution is 6.74. The number of aromatic nitrogens is 1. The molecule has 1 aromatic heterocycles. The molecule has 1 amide bonds. The lowest BCUT2D eigenvalue weighted by molar-refractivity contribution is -0.138.